The van der Waals surface area contributed by atoms with Crippen LogP contribution in [0.5, 0.6) is 0 Å². The number of piperazine rings is 1. The van der Waals surface area contributed by atoms with Gasteiger partial charge in [-0.1, -0.05) is 6.07 Å². The molecule has 0 spiro atoms. The number of nitrogens with one attached hydrogen (secondary N) is 1. The van der Waals surface area contributed by atoms with Crippen molar-refractivity contribution >= 4 is 23.4 Å². The quantitative estimate of drug-likeness (QED) is 0.852. The normalized spacial score (nSPS) is 15.1. The largest absolute Gasteiger partial charge is 0.339 e. The van der Waals surface area contributed by atoms with E-state index in [0.717, 1.165) is 11.1 Å². The summed E-state index contributed by atoms with van der Waals surface area (Å²) in [5, 5.41) is 2.86. The summed E-state index contributed by atoms with van der Waals surface area (Å²) in [7, 11) is 0. The molecule has 0 radical (unpaired) electrons. The molecule has 25 heavy (non-hydrogen) atoms. The van der Waals surface area contributed by atoms with Crippen molar-refractivity contribution in [1.29, 1.82) is 0 Å². The standard InChI is InChI=1S/C19H27N3O3/c1-13-10-14(2)12-16(11-13)20-17(24)19(4,5)18(25)22-8-6-21(7-9-22)15(3)23/h10-12H,6-9H2,1-5H3,(H,20,24). The van der Waals surface area contributed by atoms with Crippen LogP contribution in [-0.4, -0.2) is 53.7 Å². The van der Waals surface area contributed by atoms with Gasteiger partial charge in [-0.3, -0.25) is 14.4 Å². The van der Waals surface area contributed by atoms with Crippen molar-refractivity contribution in [2.24, 2.45) is 5.41 Å². The average molecular weight is 345 g/mol. The summed E-state index contributed by atoms with van der Waals surface area (Å²) >= 11 is 0. The van der Waals surface area contributed by atoms with Crippen LogP contribution in [0.3, 0.4) is 0 Å². The predicted octanol–water partition coefficient (Wildman–Crippen LogP) is 1.96. The number of carbonyl (C=O) groups is 3. The van der Waals surface area contributed by atoms with Gasteiger partial charge in [-0.25, -0.2) is 0 Å². The van der Waals surface area contributed by atoms with E-state index in [-0.39, 0.29) is 17.7 Å². The minimum atomic E-state index is -1.17. The molecule has 1 aromatic rings. The van der Waals surface area contributed by atoms with Gasteiger partial charge in [-0.05, 0) is 51.0 Å². The molecule has 0 saturated carbocycles. The maximum Gasteiger partial charge on any atom is 0.239 e. The lowest BCUT2D eigenvalue weighted by Crippen LogP contribution is -2.55. The van der Waals surface area contributed by atoms with Crippen molar-refractivity contribution in [2.75, 3.05) is 31.5 Å². The summed E-state index contributed by atoms with van der Waals surface area (Å²) in [6.07, 6.45) is 0. The predicted molar refractivity (Wildman–Crippen MR) is 97.2 cm³/mol. The first-order valence-electron chi connectivity index (χ1n) is 8.56. The van der Waals surface area contributed by atoms with Gasteiger partial charge in [0.25, 0.3) is 0 Å². The molecule has 1 heterocycles. The van der Waals surface area contributed by atoms with Gasteiger partial charge in [-0.2, -0.15) is 0 Å². The SMILES string of the molecule is CC(=O)N1CCN(C(=O)C(C)(C)C(=O)Nc2cc(C)cc(C)c2)CC1. The first-order chi connectivity index (χ1) is 11.6. The molecule has 136 valence electrons. The van der Waals surface area contributed by atoms with E-state index in [4.69, 9.17) is 0 Å². The van der Waals surface area contributed by atoms with Crippen LogP contribution in [0.15, 0.2) is 18.2 Å². The first-order valence-corrected chi connectivity index (χ1v) is 8.56. The lowest BCUT2D eigenvalue weighted by atomic mass is 9.89. The lowest BCUT2D eigenvalue weighted by molar-refractivity contribution is -0.149. The molecule has 1 saturated heterocycles. The zero-order valence-electron chi connectivity index (χ0n) is 15.7. The number of hydrogen-bond donors (Lipinski definition) is 1. The third-order valence-corrected chi connectivity index (χ3v) is 4.59. The third kappa shape index (κ3) is 4.38. The zero-order valence-corrected chi connectivity index (χ0v) is 15.7. The van der Waals surface area contributed by atoms with E-state index < -0.39 is 5.41 Å². The molecule has 0 bridgehead atoms. The molecule has 1 N–H and O–H groups in total. The summed E-state index contributed by atoms with van der Waals surface area (Å²) in [5.41, 5.74) is 1.64. The van der Waals surface area contributed by atoms with Crippen LogP contribution >= 0.6 is 0 Å². The van der Waals surface area contributed by atoms with E-state index in [2.05, 4.69) is 5.32 Å². The Balaban J connectivity index is 2.05. The summed E-state index contributed by atoms with van der Waals surface area (Å²) in [6, 6.07) is 5.80. The Morgan fingerprint density at radius 1 is 0.920 bits per heavy atom. The monoisotopic (exact) mass is 345 g/mol. The number of anilines is 1. The molecule has 0 atom stereocenters. The second-order valence-electron chi connectivity index (χ2n) is 7.25. The molecular formula is C19H27N3O3. The first kappa shape index (κ1) is 19.0. The summed E-state index contributed by atoms with van der Waals surface area (Å²) < 4.78 is 0. The van der Waals surface area contributed by atoms with Gasteiger partial charge < -0.3 is 15.1 Å². The molecule has 1 fully saturated rings. The Hall–Kier alpha value is -2.37. The Labute approximate surface area is 149 Å². The van der Waals surface area contributed by atoms with E-state index in [1.54, 1.807) is 23.6 Å². The summed E-state index contributed by atoms with van der Waals surface area (Å²) in [5.74, 6) is -0.520. The van der Waals surface area contributed by atoms with Crippen LogP contribution in [0.1, 0.15) is 31.9 Å². The number of rotatable bonds is 3. The number of amides is 3. The molecule has 1 aromatic carbocycles. The lowest BCUT2D eigenvalue weighted by Gasteiger charge is -2.37. The van der Waals surface area contributed by atoms with Crippen molar-refractivity contribution < 1.29 is 14.4 Å². The third-order valence-electron chi connectivity index (χ3n) is 4.59. The molecule has 2 rings (SSSR count). The highest BCUT2D eigenvalue weighted by Crippen LogP contribution is 2.24. The van der Waals surface area contributed by atoms with E-state index in [9.17, 15) is 14.4 Å². The maximum atomic E-state index is 12.8. The van der Waals surface area contributed by atoms with Crippen LogP contribution in [0, 0.1) is 19.3 Å². The van der Waals surface area contributed by atoms with Crippen LogP contribution in [-0.2, 0) is 14.4 Å². The van der Waals surface area contributed by atoms with Gasteiger partial charge >= 0.3 is 0 Å². The molecule has 6 nitrogen and oxygen atoms in total. The molecule has 3 amide bonds. The second-order valence-corrected chi connectivity index (χ2v) is 7.25. The fourth-order valence-corrected chi connectivity index (χ4v) is 3.05. The summed E-state index contributed by atoms with van der Waals surface area (Å²) in [4.78, 5) is 40.3. The number of benzene rings is 1. The maximum absolute atomic E-state index is 12.8. The number of aryl methyl sites for hydroxylation is 2. The van der Waals surface area contributed by atoms with Crippen molar-refractivity contribution in [2.45, 2.75) is 34.6 Å². The van der Waals surface area contributed by atoms with Gasteiger partial charge in [0.2, 0.25) is 17.7 Å². The van der Waals surface area contributed by atoms with E-state index in [1.165, 1.54) is 6.92 Å². The summed E-state index contributed by atoms with van der Waals surface area (Å²) in [6.45, 7) is 10.7. The second kappa shape index (κ2) is 7.25. The number of hydrogen-bond acceptors (Lipinski definition) is 3. The van der Waals surface area contributed by atoms with Crippen LogP contribution in [0.4, 0.5) is 5.69 Å². The van der Waals surface area contributed by atoms with Crippen molar-refractivity contribution in [3.05, 3.63) is 29.3 Å². The van der Waals surface area contributed by atoms with Crippen molar-refractivity contribution in [3.63, 3.8) is 0 Å². The number of carbonyl (C=O) groups excluding carboxylic acids is 3. The Bertz CT molecular complexity index is 669. The number of nitrogens with zero attached hydrogens (tertiary/aromatic N) is 2. The highest BCUT2D eigenvalue weighted by molar-refractivity contribution is 6.09. The Morgan fingerprint density at radius 3 is 1.88 bits per heavy atom. The minimum Gasteiger partial charge on any atom is -0.339 e. The van der Waals surface area contributed by atoms with Crippen LogP contribution in [0.25, 0.3) is 0 Å². The molecule has 1 aliphatic rings. The average Bonchev–Trinajstić information content (AvgIpc) is 2.53. The van der Waals surface area contributed by atoms with Crippen molar-refractivity contribution in [3.8, 4) is 0 Å². The highest BCUT2D eigenvalue weighted by Gasteiger charge is 2.40. The smallest absolute Gasteiger partial charge is 0.239 e. The van der Waals surface area contributed by atoms with Gasteiger partial charge in [0.1, 0.15) is 5.41 Å². The zero-order chi connectivity index (χ0) is 18.8. The van der Waals surface area contributed by atoms with Crippen molar-refractivity contribution in [1.82, 2.24) is 9.80 Å². The van der Waals surface area contributed by atoms with E-state index >= 15 is 0 Å². The molecule has 0 aliphatic carbocycles. The van der Waals surface area contributed by atoms with Gasteiger partial charge in [0.15, 0.2) is 0 Å². The van der Waals surface area contributed by atoms with E-state index in [0.29, 0.717) is 31.9 Å². The molecule has 1 aliphatic heterocycles. The topological polar surface area (TPSA) is 69.7 Å². The fourth-order valence-electron chi connectivity index (χ4n) is 3.05. The van der Waals surface area contributed by atoms with Crippen LogP contribution < -0.4 is 5.32 Å². The molecular weight excluding hydrogens is 318 g/mol. The van der Waals surface area contributed by atoms with Gasteiger partial charge in [0.05, 0.1) is 0 Å². The van der Waals surface area contributed by atoms with Gasteiger partial charge in [0, 0.05) is 38.8 Å². The molecule has 0 unspecified atom stereocenters. The Kier molecular flexibility index (Phi) is 5.50. The minimum absolute atomic E-state index is 0.0129. The Morgan fingerprint density at radius 2 is 1.40 bits per heavy atom. The van der Waals surface area contributed by atoms with E-state index in [1.807, 2.05) is 32.0 Å². The van der Waals surface area contributed by atoms with Gasteiger partial charge in [-0.15, -0.1) is 0 Å². The molecule has 6 heteroatoms. The molecule has 0 aromatic heterocycles. The highest BCUT2D eigenvalue weighted by atomic mass is 16.2. The fraction of sp³-hybridized carbons (Fsp3) is 0.526. The van der Waals surface area contributed by atoms with Crippen LogP contribution in [0.2, 0.25) is 0 Å².